The molecule has 0 radical (unpaired) electrons. The summed E-state index contributed by atoms with van der Waals surface area (Å²) >= 11 is 1.67. The molecule has 4 nitrogen and oxygen atoms in total. The molecule has 3 rings (SSSR count). The lowest BCUT2D eigenvalue weighted by Gasteiger charge is -2.04. The molecule has 1 aliphatic carbocycles. The number of hydrogen-bond acceptors (Lipinski definition) is 5. The molecule has 2 heterocycles. The van der Waals surface area contributed by atoms with Gasteiger partial charge in [0.2, 0.25) is 0 Å². The van der Waals surface area contributed by atoms with Crippen LogP contribution < -0.4 is 5.32 Å². The Morgan fingerprint density at radius 1 is 1.33 bits per heavy atom. The van der Waals surface area contributed by atoms with Crippen LogP contribution >= 0.6 is 11.3 Å². The van der Waals surface area contributed by atoms with Crippen molar-refractivity contribution in [3.63, 3.8) is 0 Å². The summed E-state index contributed by atoms with van der Waals surface area (Å²) in [7, 11) is 0. The molecule has 0 unspecified atom stereocenters. The Labute approximate surface area is 109 Å². The van der Waals surface area contributed by atoms with Gasteiger partial charge in [-0.05, 0) is 38.3 Å². The predicted octanol–water partition coefficient (Wildman–Crippen LogP) is 2.95. The molecule has 18 heavy (non-hydrogen) atoms. The summed E-state index contributed by atoms with van der Waals surface area (Å²) in [5.41, 5.74) is 2.64. The highest BCUT2D eigenvalue weighted by Crippen LogP contribution is 2.32. The molecule has 0 saturated heterocycles. The molecule has 0 aliphatic heterocycles. The molecule has 90 valence electrons. The van der Waals surface area contributed by atoms with Crippen LogP contribution in [0.2, 0.25) is 0 Å². The largest absolute Gasteiger partial charge is 0.315 e. The number of thiazole rings is 1. The fourth-order valence-corrected chi connectivity index (χ4v) is 3.14. The second-order valence-corrected chi connectivity index (χ2v) is 5.41. The van der Waals surface area contributed by atoms with Crippen LogP contribution in [-0.4, -0.2) is 9.97 Å². The number of nitriles is 1. The van der Waals surface area contributed by atoms with Gasteiger partial charge in [0.1, 0.15) is 11.9 Å². The van der Waals surface area contributed by atoms with Gasteiger partial charge in [0.15, 0.2) is 5.13 Å². The third kappa shape index (κ3) is 1.95. The Bertz CT molecular complexity index is 617. The molecular formula is C13H12N4S. The first kappa shape index (κ1) is 11.2. The number of hydrogen-bond donors (Lipinski definition) is 1. The van der Waals surface area contributed by atoms with Gasteiger partial charge < -0.3 is 5.32 Å². The Kier molecular flexibility index (Phi) is 2.73. The van der Waals surface area contributed by atoms with Crippen LogP contribution in [0.3, 0.4) is 0 Å². The average molecular weight is 256 g/mol. The van der Waals surface area contributed by atoms with E-state index in [9.17, 15) is 0 Å². The van der Waals surface area contributed by atoms with E-state index in [1.165, 1.54) is 17.0 Å². The van der Waals surface area contributed by atoms with Crippen molar-refractivity contribution in [2.45, 2.75) is 26.2 Å². The smallest absolute Gasteiger partial charge is 0.188 e. The van der Waals surface area contributed by atoms with Crippen LogP contribution in [0.25, 0.3) is 0 Å². The van der Waals surface area contributed by atoms with Crippen LogP contribution in [0.4, 0.5) is 10.9 Å². The minimum atomic E-state index is 0.552. The van der Waals surface area contributed by atoms with Crippen LogP contribution in [0.1, 0.15) is 28.2 Å². The molecule has 1 N–H and O–H groups in total. The zero-order valence-corrected chi connectivity index (χ0v) is 10.8. The van der Waals surface area contributed by atoms with E-state index in [0.717, 1.165) is 23.7 Å². The van der Waals surface area contributed by atoms with Crippen LogP contribution in [0, 0.1) is 18.3 Å². The van der Waals surface area contributed by atoms with Crippen LogP contribution in [-0.2, 0) is 12.8 Å². The van der Waals surface area contributed by atoms with Gasteiger partial charge in [-0.2, -0.15) is 5.26 Å². The molecule has 0 atom stereocenters. The fraction of sp³-hybridized carbons (Fsp3) is 0.308. The molecule has 0 amide bonds. The standard InChI is InChI=1S/C13H12N4S/c1-8-5-6-9(7-14)12(15-8)17-13-16-10-3-2-4-11(10)18-13/h5-6H,2-4H2,1H3,(H,15,16,17). The van der Waals surface area contributed by atoms with E-state index >= 15 is 0 Å². The highest BCUT2D eigenvalue weighted by molar-refractivity contribution is 7.15. The van der Waals surface area contributed by atoms with Gasteiger partial charge in [-0.15, -0.1) is 11.3 Å². The molecule has 1 aliphatic rings. The quantitative estimate of drug-likeness (QED) is 0.897. The maximum Gasteiger partial charge on any atom is 0.188 e. The predicted molar refractivity (Wildman–Crippen MR) is 71.1 cm³/mol. The van der Waals surface area contributed by atoms with E-state index in [2.05, 4.69) is 21.4 Å². The van der Waals surface area contributed by atoms with Gasteiger partial charge in [0.05, 0.1) is 11.3 Å². The Morgan fingerprint density at radius 3 is 3.00 bits per heavy atom. The van der Waals surface area contributed by atoms with E-state index in [1.807, 2.05) is 13.0 Å². The van der Waals surface area contributed by atoms with Crippen LogP contribution in [0.15, 0.2) is 12.1 Å². The first-order valence-corrected chi connectivity index (χ1v) is 6.71. The monoisotopic (exact) mass is 256 g/mol. The molecule has 0 saturated carbocycles. The van der Waals surface area contributed by atoms with Crippen molar-refractivity contribution in [2.24, 2.45) is 0 Å². The molecule has 0 fully saturated rings. The summed E-state index contributed by atoms with van der Waals surface area (Å²) in [5.74, 6) is 0.602. The number of aromatic nitrogens is 2. The van der Waals surface area contributed by atoms with Gasteiger partial charge >= 0.3 is 0 Å². The lowest BCUT2D eigenvalue weighted by Crippen LogP contribution is -1.98. The second kappa shape index (κ2) is 4.39. The summed E-state index contributed by atoms with van der Waals surface area (Å²) in [5, 5.41) is 13.1. The number of fused-ring (bicyclic) bond motifs is 1. The van der Waals surface area contributed by atoms with Crippen molar-refractivity contribution in [1.29, 1.82) is 5.26 Å². The first-order chi connectivity index (χ1) is 8.76. The third-order valence-electron chi connectivity index (χ3n) is 2.98. The van der Waals surface area contributed by atoms with Crippen molar-refractivity contribution in [2.75, 3.05) is 5.32 Å². The number of rotatable bonds is 2. The lowest BCUT2D eigenvalue weighted by atomic mass is 10.2. The minimum Gasteiger partial charge on any atom is -0.315 e. The first-order valence-electron chi connectivity index (χ1n) is 5.89. The number of nitrogens with zero attached hydrogens (tertiary/aromatic N) is 3. The van der Waals surface area contributed by atoms with Crippen molar-refractivity contribution in [3.05, 3.63) is 34.0 Å². The zero-order valence-electron chi connectivity index (χ0n) is 10.0. The Morgan fingerprint density at radius 2 is 2.22 bits per heavy atom. The van der Waals surface area contributed by atoms with E-state index < -0.39 is 0 Å². The number of anilines is 2. The maximum atomic E-state index is 9.06. The second-order valence-electron chi connectivity index (χ2n) is 4.33. The molecule has 0 aromatic carbocycles. The lowest BCUT2D eigenvalue weighted by molar-refractivity contribution is 0.900. The van der Waals surface area contributed by atoms with Gasteiger partial charge in [0.25, 0.3) is 0 Å². The number of aryl methyl sites for hydroxylation is 3. The number of nitrogens with one attached hydrogen (secondary N) is 1. The maximum absolute atomic E-state index is 9.06. The highest BCUT2D eigenvalue weighted by atomic mass is 32.1. The van der Waals surface area contributed by atoms with E-state index in [-0.39, 0.29) is 0 Å². The molecular weight excluding hydrogens is 244 g/mol. The van der Waals surface area contributed by atoms with E-state index in [0.29, 0.717) is 11.4 Å². The Hall–Kier alpha value is -1.93. The molecule has 5 heteroatoms. The normalized spacial score (nSPS) is 13.1. The summed E-state index contributed by atoms with van der Waals surface area (Å²) in [6.07, 6.45) is 3.40. The zero-order chi connectivity index (χ0) is 12.5. The topological polar surface area (TPSA) is 61.6 Å². The van der Waals surface area contributed by atoms with Gasteiger partial charge in [-0.3, -0.25) is 0 Å². The summed E-state index contributed by atoms with van der Waals surface area (Å²) < 4.78 is 0. The number of pyridine rings is 1. The van der Waals surface area contributed by atoms with Crippen LogP contribution in [0.5, 0.6) is 0 Å². The summed E-state index contributed by atoms with van der Waals surface area (Å²) in [6.45, 7) is 1.91. The fourth-order valence-electron chi connectivity index (χ4n) is 2.09. The van der Waals surface area contributed by atoms with Gasteiger partial charge in [-0.25, -0.2) is 9.97 Å². The minimum absolute atomic E-state index is 0.552. The van der Waals surface area contributed by atoms with Gasteiger partial charge in [-0.1, -0.05) is 0 Å². The SMILES string of the molecule is Cc1ccc(C#N)c(Nc2nc3c(s2)CCC3)n1. The van der Waals surface area contributed by atoms with Gasteiger partial charge in [0, 0.05) is 10.6 Å². The van der Waals surface area contributed by atoms with Crippen molar-refractivity contribution < 1.29 is 0 Å². The average Bonchev–Trinajstić information content (AvgIpc) is 2.90. The van der Waals surface area contributed by atoms with Crippen molar-refractivity contribution >= 4 is 22.3 Å². The van der Waals surface area contributed by atoms with E-state index in [1.54, 1.807) is 17.4 Å². The van der Waals surface area contributed by atoms with Crippen molar-refractivity contribution in [1.82, 2.24) is 9.97 Å². The van der Waals surface area contributed by atoms with E-state index in [4.69, 9.17) is 5.26 Å². The Balaban J connectivity index is 1.92. The third-order valence-corrected chi connectivity index (χ3v) is 4.05. The molecule has 0 bridgehead atoms. The summed E-state index contributed by atoms with van der Waals surface area (Å²) in [6, 6.07) is 5.77. The van der Waals surface area contributed by atoms with Crippen molar-refractivity contribution in [3.8, 4) is 6.07 Å². The molecule has 0 spiro atoms. The summed E-state index contributed by atoms with van der Waals surface area (Å²) in [4.78, 5) is 10.3. The molecule has 2 aromatic heterocycles. The molecule has 2 aromatic rings. The highest BCUT2D eigenvalue weighted by Gasteiger charge is 2.17.